The van der Waals surface area contributed by atoms with Gasteiger partial charge in [0.15, 0.2) is 0 Å². The van der Waals surface area contributed by atoms with Crippen LogP contribution in [0.2, 0.25) is 0 Å². The molecular formula is C43H55NOP2. The van der Waals surface area contributed by atoms with Crippen molar-refractivity contribution in [3.05, 3.63) is 108 Å². The molecule has 0 aliphatic heterocycles. The summed E-state index contributed by atoms with van der Waals surface area (Å²) in [5.74, 6) is 4.20. The van der Waals surface area contributed by atoms with Crippen LogP contribution in [0.3, 0.4) is 0 Å². The first-order chi connectivity index (χ1) is 22.7. The molecule has 2 aliphatic carbocycles. The number of aryl methyl sites for hydroxylation is 2. The Labute approximate surface area is 287 Å². The largest absolute Gasteiger partial charge is 0.456 e. The Bertz CT molecular complexity index is 1600. The van der Waals surface area contributed by atoms with E-state index in [0.29, 0.717) is 29.2 Å². The molecule has 0 bridgehead atoms. The molecule has 7 atom stereocenters. The quantitative estimate of drug-likeness (QED) is 0.148. The average Bonchev–Trinajstić information content (AvgIpc) is 3.75. The maximum atomic E-state index is 7.34. The van der Waals surface area contributed by atoms with Crippen molar-refractivity contribution < 1.29 is 4.74 Å². The fourth-order valence-electron chi connectivity index (χ4n) is 8.42. The standard InChI is InChI=1S/C43H55NOP2/c1-30(2)36-20-14-22-40(36)46(34-16-10-8-11-17-34)42-28-31(3)24-26-38(42)45-39-27-25-32(4)29-43(39)47(35-18-12-9-13-19-35)41-23-15-21-37(41)33(5)44(6)7/h8-13,16-19,24-30,33,36-37,40-41H,14-15,20-23H2,1-7H3/t33-,36?,37?,40?,41?,46-,47-/m1/s1. The summed E-state index contributed by atoms with van der Waals surface area (Å²) in [6.07, 6.45) is 7.87. The highest BCUT2D eigenvalue weighted by atomic mass is 31.1. The van der Waals surface area contributed by atoms with Gasteiger partial charge in [-0.2, -0.15) is 0 Å². The van der Waals surface area contributed by atoms with E-state index >= 15 is 0 Å². The van der Waals surface area contributed by atoms with E-state index in [1.165, 1.54) is 70.9 Å². The lowest BCUT2D eigenvalue weighted by atomic mass is 9.94. The van der Waals surface area contributed by atoms with Gasteiger partial charge < -0.3 is 9.64 Å². The lowest BCUT2D eigenvalue weighted by Crippen LogP contribution is -2.38. The average molecular weight is 664 g/mol. The highest BCUT2D eigenvalue weighted by molar-refractivity contribution is 7.74. The Hall–Kier alpha value is -2.50. The minimum Gasteiger partial charge on any atom is -0.456 e. The van der Waals surface area contributed by atoms with Crippen molar-refractivity contribution in [1.29, 1.82) is 0 Å². The van der Waals surface area contributed by atoms with Crippen molar-refractivity contribution >= 4 is 37.1 Å². The zero-order valence-corrected chi connectivity index (χ0v) is 31.5. The molecular weight excluding hydrogens is 608 g/mol. The summed E-state index contributed by atoms with van der Waals surface area (Å²) >= 11 is 0. The molecule has 2 nitrogen and oxygen atoms in total. The van der Waals surface area contributed by atoms with E-state index in [0.717, 1.165) is 17.4 Å². The molecule has 0 aromatic heterocycles. The second-order valence-electron chi connectivity index (χ2n) is 14.7. The third-order valence-electron chi connectivity index (χ3n) is 11.1. The van der Waals surface area contributed by atoms with Crippen molar-refractivity contribution in [2.45, 2.75) is 90.5 Å². The zero-order valence-electron chi connectivity index (χ0n) is 29.7. The van der Waals surface area contributed by atoms with Crippen molar-refractivity contribution in [2.75, 3.05) is 14.1 Å². The van der Waals surface area contributed by atoms with E-state index in [-0.39, 0.29) is 0 Å². The fraction of sp³-hybridized carbons (Fsp3) is 0.442. The second-order valence-corrected chi connectivity index (χ2v) is 19.5. The highest BCUT2D eigenvalue weighted by Crippen LogP contribution is 2.55. The molecule has 4 unspecified atom stereocenters. The van der Waals surface area contributed by atoms with Gasteiger partial charge in [0.25, 0.3) is 0 Å². The van der Waals surface area contributed by atoms with E-state index in [1.54, 1.807) is 0 Å². The molecule has 248 valence electrons. The molecule has 4 heteroatoms. The van der Waals surface area contributed by atoms with Gasteiger partial charge >= 0.3 is 0 Å². The van der Waals surface area contributed by atoms with Crippen LogP contribution in [0.25, 0.3) is 0 Å². The van der Waals surface area contributed by atoms with Gasteiger partial charge in [0, 0.05) is 16.7 Å². The molecule has 2 saturated carbocycles. The highest BCUT2D eigenvalue weighted by Gasteiger charge is 2.41. The van der Waals surface area contributed by atoms with Crippen LogP contribution in [-0.4, -0.2) is 36.4 Å². The summed E-state index contributed by atoms with van der Waals surface area (Å²) in [7, 11) is 3.29. The first kappa shape index (κ1) is 34.4. The van der Waals surface area contributed by atoms with Gasteiger partial charge in [-0.1, -0.05) is 111 Å². The van der Waals surface area contributed by atoms with Gasteiger partial charge in [-0.3, -0.25) is 0 Å². The van der Waals surface area contributed by atoms with Gasteiger partial charge in [-0.05, 0) is 140 Å². The molecule has 6 rings (SSSR count). The Morgan fingerprint density at radius 3 is 1.49 bits per heavy atom. The van der Waals surface area contributed by atoms with Gasteiger partial charge in [0.2, 0.25) is 0 Å². The summed E-state index contributed by atoms with van der Waals surface area (Å²) in [5, 5.41) is 5.78. The number of rotatable bonds is 11. The molecule has 0 heterocycles. The molecule has 0 N–H and O–H groups in total. The zero-order chi connectivity index (χ0) is 33.1. The Morgan fingerprint density at radius 1 is 0.596 bits per heavy atom. The van der Waals surface area contributed by atoms with E-state index < -0.39 is 15.8 Å². The second kappa shape index (κ2) is 15.4. The van der Waals surface area contributed by atoms with E-state index in [1.807, 2.05) is 0 Å². The van der Waals surface area contributed by atoms with Crippen molar-refractivity contribution in [2.24, 2.45) is 17.8 Å². The van der Waals surface area contributed by atoms with Crippen LogP contribution in [0.1, 0.15) is 70.4 Å². The molecule has 0 saturated heterocycles. The van der Waals surface area contributed by atoms with Crippen LogP contribution in [-0.2, 0) is 0 Å². The normalized spacial score (nSPS) is 23.3. The van der Waals surface area contributed by atoms with Crippen molar-refractivity contribution in [1.82, 2.24) is 4.90 Å². The molecule has 47 heavy (non-hydrogen) atoms. The third-order valence-corrected chi connectivity index (χ3v) is 17.1. The lowest BCUT2D eigenvalue weighted by Gasteiger charge is -2.37. The molecule has 2 aliphatic rings. The fourth-order valence-corrected chi connectivity index (χ4v) is 15.4. The minimum absolute atomic E-state index is 0.545. The maximum absolute atomic E-state index is 7.34. The van der Waals surface area contributed by atoms with Crippen molar-refractivity contribution in [3.8, 4) is 11.5 Å². The number of nitrogens with zero attached hydrogens (tertiary/aromatic N) is 1. The van der Waals surface area contributed by atoms with Crippen LogP contribution >= 0.6 is 15.8 Å². The van der Waals surface area contributed by atoms with Gasteiger partial charge in [0.1, 0.15) is 11.5 Å². The van der Waals surface area contributed by atoms with Crippen LogP contribution in [0, 0.1) is 31.6 Å². The SMILES string of the molecule is Cc1ccc(Oc2ccc(C)cc2[P@](c2ccccc2)C2CCCC2[C@@H](C)N(C)C)c([P@](c2ccccc2)C2CCCC2C(C)C)c1. The lowest BCUT2D eigenvalue weighted by molar-refractivity contribution is 0.232. The molecule has 4 aromatic rings. The maximum Gasteiger partial charge on any atom is 0.135 e. The number of benzene rings is 4. The Balaban J connectivity index is 1.47. The predicted octanol–water partition coefficient (Wildman–Crippen LogP) is 9.90. The van der Waals surface area contributed by atoms with E-state index in [2.05, 4.69) is 151 Å². The topological polar surface area (TPSA) is 12.5 Å². The minimum atomic E-state index is -0.628. The van der Waals surface area contributed by atoms with Gasteiger partial charge in [0.05, 0.1) is 0 Å². The summed E-state index contributed by atoms with van der Waals surface area (Å²) in [4.78, 5) is 2.44. The van der Waals surface area contributed by atoms with Gasteiger partial charge in [-0.25, -0.2) is 0 Å². The van der Waals surface area contributed by atoms with Crippen LogP contribution in [0.5, 0.6) is 11.5 Å². The first-order valence-corrected chi connectivity index (χ1v) is 20.8. The summed E-state index contributed by atoms with van der Waals surface area (Å²) in [6.45, 7) is 11.8. The van der Waals surface area contributed by atoms with Crippen LogP contribution in [0.4, 0.5) is 0 Å². The number of hydrogen-bond acceptors (Lipinski definition) is 2. The predicted molar refractivity (Wildman–Crippen MR) is 208 cm³/mol. The number of ether oxygens (including phenoxy) is 1. The molecule has 0 spiro atoms. The molecule has 0 radical (unpaired) electrons. The smallest absolute Gasteiger partial charge is 0.135 e. The van der Waals surface area contributed by atoms with E-state index in [9.17, 15) is 0 Å². The molecule has 2 fully saturated rings. The van der Waals surface area contributed by atoms with Crippen LogP contribution in [0.15, 0.2) is 97.1 Å². The number of hydrogen-bond donors (Lipinski definition) is 0. The molecule has 0 amide bonds. The Morgan fingerprint density at radius 2 is 1.04 bits per heavy atom. The first-order valence-electron chi connectivity index (χ1n) is 18.0. The van der Waals surface area contributed by atoms with E-state index in [4.69, 9.17) is 4.74 Å². The van der Waals surface area contributed by atoms with Gasteiger partial charge in [-0.15, -0.1) is 0 Å². The summed E-state index contributed by atoms with van der Waals surface area (Å²) < 4.78 is 7.34. The monoisotopic (exact) mass is 663 g/mol. The summed E-state index contributed by atoms with van der Waals surface area (Å²) in [6, 6.07) is 37.3. The molecule has 4 aromatic carbocycles. The van der Waals surface area contributed by atoms with Crippen molar-refractivity contribution in [3.63, 3.8) is 0 Å². The Kier molecular flexibility index (Phi) is 11.2. The third kappa shape index (κ3) is 7.57. The summed E-state index contributed by atoms with van der Waals surface area (Å²) in [5.41, 5.74) is 3.92. The van der Waals surface area contributed by atoms with Crippen LogP contribution < -0.4 is 26.0 Å².